The smallest absolute Gasteiger partial charge is 0.250 e. The van der Waals surface area contributed by atoms with Gasteiger partial charge in [0.2, 0.25) is 5.91 Å². The van der Waals surface area contributed by atoms with Crippen LogP contribution in [-0.2, 0) is 11.3 Å². The molecular weight excluding hydrogens is 302 g/mol. The summed E-state index contributed by atoms with van der Waals surface area (Å²) in [6.45, 7) is 4.18. The minimum absolute atomic E-state index is 0.0559. The summed E-state index contributed by atoms with van der Waals surface area (Å²) in [4.78, 5) is 28.7. The highest BCUT2D eigenvalue weighted by Crippen LogP contribution is 2.32. The van der Waals surface area contributed by atoms with Gasteiger partial charge in [-0.3, -0.25) is 9.59 Å². The molecule has 0 bridgehead atoms. The van der Waals surface area contributed by atoms with Crippen molar-refractivity contribution in [2.24, 2.45) is 5.92 Å². The van der Waals surface area contributed by atoms with E-state index in [1.165, 1.54) is 6.07 Å². The molecule has 1 aliphatic rings. The monoisotopic (exact) mass is 325 g/mol. The summed E-state index contributed by atoms with van der Waals surface area (Å²) >= 11 is 0. The first kappa shape index (κ1) is 16.3. The molecule has 0 unspecified atom stereocenters. The van der Waals surface area contributed by atoms with Crippen LogP contribution < -0.4 is 15.4 Å². The van der Waals surface area contributed by atoms with Crippen LogP contribution in [-0.4, -0.2) is 30.6 Å². The number of carbonyl (C=O) groups is 1. The average Bonchev–Trinajstić information content (AvgIpc) is 2.70. The van der Waals surface area contributed by atoms with E-state index in [0.717, 1.165) is 17.9 Å². The number of aromatic nitrogens is 1. The largest absolute Gasteiger partial charge is 0.373 e. The fourth-order valence-electron chi connectivity index (χ4n) is 3.28. The average molecular weight is 325 g/mol. The molecule has 0 fully saturated rings. The summed E-state index contributed by atoms with van der Waals surface area (Å²) in [6, 6.07) is 13.0. The first-order chi connectivity index (χ1) is 11.6. The third kappa shape index (κ3) is 3.35. The van der Waals surface area contributed by atoms with Crippen molar-refractivity contribution in [3.8, 4) is 0 Å². The number of pyridine rings is 1. The lowest BCUT2D eigenvalue weighted by molar-refractivity contribution is -0.118. The van der Waals surface area contributed by atoms with Gasteiger partial charge < -0.3 is 14.4 Å². The van der Waals surface area contributed by atoms with Gasteiger partial charge in [0.25, 0.3) is 5.56 Å². The minimum atomic E-state index is -0.0744. The number of fused-ring (bicyclic) bond motifs is 1. The quantitative estimate of drug-likeness (QED) is 0.870. The van der Waals surface area contributed by atoms with E-state index >= 15 is 0 Å². The molecule has 0 spiro atoms. The first-order valence-corrected chi connectivity index (χ1v) is 8.32. The van der Waals surface area contributed by atoms with Gasteiger partial charge in [0.05, 0.1) is 11.4 Å². The Labute approximate surface area is 142 Å². The number of aryl methyl sites for hydroxylation is 1. The van der Waals surface area contributed by atoms with Gasteiger partial charge in [0.1, 0.15) is 0 Å². The predicted octanol–water partition coefficient (Wildman–Crippen LogP) is 2.36. The fraction of sp³-hybridized carbons (Fsp3) is 0.368. The van der Waals surface area contributed by atoms with Gasteiger partial charge in [-0.05, 0) is 24.1 Å². The van der Waals surface area contributed by atoms with Gasteiger partial charge in [-0.15, -0.1) is 0 Å². The Morgan fingerprint density at radius 2 is 1.79 bits per heavy atom. The number of nitrogens with zero attached hydrogens (tertiary/aromatic N) is 3. The number of para-hydroxylation sites is 2. The number of hydrogen-bond donors (Lipinski definition) is 0. The molecule has 1 atom stereocenters. The summed E-state index contributed by atoms with van der Waals surface area (Å²) in [5.41, 5.74) is 1.96. The number of carbonyl (C=O) groups excluding carboxylic acids is 1. The third-order valence-corrected chi connectivity index (χ3v) is 4.43. The Hall–Kier alpha value is -2.56. The fourth-order valence-corrected chi connectivity index (χ4v) is 3.28. The van der Waals surface area contributed by atoms with Crippen LogP contribution in [0.4, 0.5) is 11.4 Å². The van der Waals surface area contributed by atoms with Crippen molar-refractivity contribution in [1.82, 2.24) is 4.57 Å². The van der Waals surface area contributed by atoms with Gasteiger partial charge in [0.15, 0.2) is 0 Å². The lowest BCUT2D eigenvalue weighted by atomic mass is 10.1. The van der Waals surface area contributed by atoms with E-state index in [0.29, 0.717) is 25.4 Å². The van der Waals surface area contributed by atoms with Crippen LogP contribution in [0.5, 0.6) is 0 Å². The van der Waals surface area contributed by atoms with E-state index in [2.05, 4.69) is 24.9 Å². The van der Waals surface area contributed by atoms with Crippen molar-refractivity contribution < 1.29 is 4.79 Å². The number of rotatable bonds is 3. The number of benzene rings is 1. The SMILES string of the molecule is C[C@@H]1CN(C)c2ccccc2N(C(=O)CCn2ccccc2=O)C1. The molecule has 1 aromatic carbocycles. The zero-order valence-corrected chi connectivity index (χ0v) is 14.2. The van der Waals surface area contributed by atoms with Crippen LogP contribution in [0.2, 0.25) is 0 Å². The number of anilines is 2. The molecule has 0 radical (unpaired) electrons. The van der Waals surface area contributed by atoms with Gasteiger partial charge in [0, 0.05) is 45.4 Å². The summed E-state index contributed by atoms with van der Waals surface area (Å²) < 4.78 is 1.58. The van der Waals surface area contributed by atoms with E-state index in [1.807, 2.05) is 29.2 Å². The van der Waals surface area contributed by atoms with E-state index in [4.69, 9.17) is 0 Å². The van der Waals surface area contributed by atoms with Crippen LogP contribution >= 0.6 is 0 Å². The summed E-state index contributed by atoms with van der Waals surface area (Å²) in [5, 5.41) is 0. The second-order valence-electron chi connectivity index (χ2n) is 6.46. The molecule has 2 heterocycles. The Kier molecular flexibility index (Phi) is 4.69. The van der Waals surface area contributed by atoms with E-state index in [9.17, 15) is 9.59 Å². The maximum Gasteiger partial charge on any atom is 0.250 e. The van der Waals surface area contributed by atoms with Gasteiger partial charge in [-0.25, -0.2) is 0 Å². The second kappa shape index (κ2) is 6.91. The highest BCUT2D eigenvalue weighted by atomic mass is 16.2. The number of hydrogen-bond acceptors (Lipinski definition) is 3. The first-order valence-electron chi connectivity index (χ1n) is 8.32. The van der Waals surface area contributed by atoms with Gasteiger partial charge >= 0.3 is 0 Å². The van der Waals surface area contributed by atoms with Gasteiger partial charge in [-0.1, -0.05) is 25.1 Å². The van der Waals surface area contributed by atoms with E-state index in [-0.39, 0.29) is 11.5 Å². The molecule has 1 aliphatic heterocycles. The maximum absolute atomic E-state index is 12.8. The summed E-state index contributed by atoms with van der Waals surface area (Å²) in [7, 11) is 2.06. The van der Waals surface area contributed by atoms with Crippen LogP contribution in [0, 0.1) is 5.92 Å². The molecule has 0 saturated heterocycles. The molecule has 2 aromatic rings. The summed E-state index contributed by atoms with van der Waals surface area (Å²) in [5.74, 6) is 0.436. The third-order valence-electron chi connectivity index (χ3n) is 4.43. The molecule has 5 nitrogen and oxygen atoms in total. The molecule has 0 saturated carbocycles. The van der Waals surface area contributed by atoms with Crippen molar-refractivity contribution >= 4 is 17.3 Å². The van der Waals surface area contributed by atoms with E-state index in [1.54, 1.807) is 16.8 Å². The summed E-state index contributed by atoms with van der Waals surface area (Å²) in [6.07, 6.45) is 2.04. The molecular formula is C19H23N3O2. The molecule has 0 aliphatic carbocycles. The normalized spacial score (nSPS) is 17.3. The van der Waals surface area contributed by atoms with Crippen LogP contribution in [0.25, 0.3) is 0 Å². The molecule has 126 valence electrons. The molecule has 1 amide bonds. The van der Waals surface area contributed by atoms with Gasteiger partial charge in [-0.2, -0.15) is 0 Å². The highest BCUT2D eigenvalue weighted by molar-refractivity contribution is 5.97. The van der Waals surface area contributed by atoms with Crippen molar-refractivity contribution in [2.75, 3.05) is 29.9 Å². The van der Waals surface area contributed by atoms with Crippen LogP contribution in [0.3, 0.4) is 0 Å². The van der Waals surface area contributed by atoms with Crippen LogP contribution in [0.1, 0.15) is 13.3 Å². The van der Waals surface area contributed by atoms with Crippen LogP contribution in [0.15, 0.2) is 53.5 Å². The highest BCUT2D eigenvalue weighted by Gasteiger charge is 2.26. The molecule has 1 aromatic heterocycles. The van der Waals surface area contributed by atoms with Crippen molar-refractivity contribution in [3.63, 3.8) is 0 Å². The van der Waals surface area contributed by atoms with E-state index < -0.39 is 0 Å². The molecule has 3 rings (SSSR count). The minimum Gasteiger partial charge on any atom is -0.373 e. The predicted molar refractivity (Wildman–Crippen MR) is 96.5 cm³/mol. The standard InChI is InChI=1S/C19H23N3O2/c1-15-13-20(2)16-7-3-4-8-17(16)22(14-15)19(24)10-12-21-11-6-5-9-18(21)23/h3-9,11,15H,10,12-14H2,1-2H3/t15-/m1/s1. The lowest BCUT2D eigenvalue weighted by Gasteiger charge is -2.24. The zero-order valence-electron chi connectivity index (χ0n) is 14.2. The van der Waals surface area contributed by atoms with Crippen molar-refractivity contribution in [1.29, 1.82) is 0 Å². The maximum atomic E-state index is 12.8. The molecule has 0 N–H and O–H groups in total. The topological polar surface area (TPSA) is 45.5 Å². The molecule has 24 heavy (non-hydrogen) atoms. The van der Waals surface area contributed by atoms with Crippen molar-refractivity contribution in [3.05, 3.63) is 59.0 Å². The second-order valence-corrected chi connectivity index (χ2v) is 6.46. The Bertz CT molecular complexity index is 784. The zero-order chi connectivity index (χ0) is 17.1. The molecule has 5 heteroatoms. The Morgan fingerprint density at radius 3 is 2.54 bits per heavy atom. The van der Waals surface area contributed by atoms with Crippen molar-refractivity contribution in [2.45, 2.75) is 19.9 Å². The number of amides is 1. The Balaban J connectivity index is 1.82. The Morgan fingerprint density at radius 1 is 1.08 bits per heavy atom. The lowest BCUT2D eigenvalue weighted by Crippen LogP contribution is -2.35.